The third kappa shape index (κ3) is 3.40. The third-order valence-electron chi connectivity index (χ3n) is 4.97. The van der Waals surface area contributed by atoms with Crippen LogP contribution in [-0.4, -0.2) is 45.6 Å². The van der Waals surface area contributed by atoms with Crippen LogP contribution >= 0.6 is 0 Å². The zero-order chi connectivity index (χ0) is 19.0. The van der Waals surface area contributed by atoms with Crippen molar-refractivity contribution in [1.29, 1.82) is 0 Å². The van der Waals surface area contributed by atoms with Gasteiger partial charge in [0.05, 0.1) is 4.90 Å². The van der Waals surface area contributed by atoms with E-state index < -0.39 is 10.0 Å². The number of rotatable bonds is 4. The van der Waals surface area contributed by atoms with E-state index in [0.29, 0.717) is 29.6 Å². The van der Waals surface area contributed by atoms with Gasteiger partial charge in [-0.25, -0.2) is 13.4 Å². The molecule has 3 heterocycles. The lowest BCUT2D eigenvalue weighted by molar-refractivity contribution is 0.310. The molecule has 0 unspecified atom stereocenters. The Hall–Kier alpha value is -2.52. The van der Waals surface area contributed by atoms with E-state index >= 15 is 0 Å². The number of aryl methyl sites for hydroxylation is 2. The molecule has 2 aromatic heterocycles. The van der Waals surface area contributed by atoms with Crippen LogP contribution in [0, 0.1) is 6.92 Å². The highest BCUT2D eigenvalue weighted by molar-refractivity contribution is 7.89. The fourth-order valence-electron chi connectivity index (χ4n) is 3.46. The number of nitrogens with zero attached hydrogens (tertiary/aromatic N) is 5. The monoisotopic (exact) mass is 387 g/mol. The van der Waals surface area contributed by atoms with E-state index in [1.54, 1.807) is 48.1 Å². The Labute approximate surface area is 157 Å². The molecule has 8 nitrogen and oxygen atoms in total. The summed E-state index contributed by atoms with van der Waals surface area (Å²) in [6, 6.07) is 6.78. The van der Waals surface area contributed by atoms with E-state index in [-0.39, 0.29) is 5.92 Å². The largest absolute Gasteiger partial charge is 0.449 e. The van der Waals surface area contributed by atoms with E-state index in [0.717, 1.165) is 24.2 Å². The summed E-state index contributed by atoms with van der Waals surface area (Å²) in [7, 11) is -1.60. The van der Waals surface area contributed by atoms with Crippen LogP contribution in [0.15, 0.2) is 46.2 Å². The summed E-state index contributed by atoms with van der Waals surface area (Å²) in [4.78, 5) is 4.56. The second-order valence-corrected chi connectivity index (χ2v) is 8.69. The van der Waals surface area contributed by atoms with Crippen molar-refractivity contribution < 1.29 is 12.8 Å². The van der Waals surface area contributed by atoms with Crippen molar-refractivity contribution >= 4 is 10.0 Å². The van der Waals surface area contributed by atoms with Crippen LogP contribution < -0.4 is 0 Å². The molecule has 0 aliphatic carbocycles. The van der Waals surface area contributed by atoms with Crippen molar-refractivity contribution in [1.82, 2.24) is 24.1 Å². The minimum atomic E-state index is -3.51. The maximum Gasteiger partial charge on any atom is 0.243 e. The van der Waals surface area contributed by atoms with Crippen LogP contribution in [0.5, 0.6) is 0 Å². The van der Waals surface area contributed by atoms with Crippen molar-refractivity contribution in [2.24, 2.45) is 7.05 Å². The number of aromatic nitrogens is 4. The molecule has 27 heavy (non-hydrogen) atoms. The highest BCUT2D eigenvalue weighted by Gasteiger charge is 2.31. The molecule has 1 aromatic carbocycles. The molecule has 4 rings (SSSR count). The van der Waals surface area contributed by atoms with Crippen LogP contribution in [0.4, 0.5) is 0 Å². The maximum absolute atomic E-state index is 13.0. The number of piperidine rings is 1. The molecule has 0 spiro atoms. The van der Waals surface area contributed by atoms with Gasteiger partial charge in [-0.2, -0.15) is 4.31 Å². The topological polar surface area (TPSA) is 94.1 Å². The van der Waals surface area contributed by atoms with Crippen molar-refractivity contribution in [2.45, 2.75) is 30.6 Å². The lowest BCUT2D eigenvalue weighted by Crippen LogP contribution is -2.38. The minimum absolute atomic E-state index is 0.238. The minimum Gasteiger partial charge on any atom is -0.449 e. The summed E-state index contributed by atoms with van der Waals surface area (Å²) < 4.78 is 34.6. The van der Waals surface area contributed by atoms with Gasteiger partial charge in [-0.1, -0.05) is 12.1 Å². The van der Waals surface area contributed by atoms with Crippen LogP contribution in [0.3, 0.4) is 0 Å². The molecule has 1 saturated heterocycles. The van der Waals surface area contributed by atoms with Crippen molar-refractivity contribution in [3.05, 3.63) is 48.6 Å². The second kappa shape index (κ2) is 6.90. The molecule has 3 aromatic rings. The van der Waals surface area contributed by atoms with E-state index in [4.69, 9.17) is 4.42 Å². The summed E-state index contributed by atoms with van der Waals surface area (Å²) in [5, 5.41) is 8.07. The molecule has 0 bridgehead atoms. The second-order valence-electron chi connectivity index (χ2n) is 6.75. The van der Waals surface area contributed by atoms with E-state index in [1.165, 1.54) is 0 Å². The SMILES string of the molecule is Cc1nc(-c2ccc(S(=O)(=O)N3CCC(c4nncn4C)CC3)cc2)co1. The average Bonchev–Trinajstić information content (AvgIpc) is 3.30. The summed E-state index contributed by atoms with van der Waals surface area (Å²) in [5.74, 6) is 1.73. The highest BCUT2D eigenvalue weighted by Crippen LogP contribution is 2.30. The van der Waals surface area contributed by atoms with E-state index in [2.05, 4.69) is 15.2 Å². The Morgan fingerprint density at radius 2 is 1.85 bits per heavy atom. The summed E-state index contributed by atoms with van der Waals surface area (Å²) in [5.41, 5.74) is 1.52. The van der Waals surface area contributed by atoms with Crippen molar-refractivity contribution in [2.75, 3.05) is 13.1 Å². The molecule has 0 N–H and O–H groups in total. The first-order chi connectivity index (χ1) is 12.9. The van der Waals surface area contributed by atoms with Gasteiger partial charge in [0.25, 0.3) is 0 Å². The van der Waals surface area contributed by atoms with E-state index in [9.17, 15) is 8.42 Å². The molecule has 142 valence electrons. The van der Waals surface area contributed by atoms with Crippen molar-refractivity contribution in [3.63, 3.8) is 0 Å². The van der Waals surface area contributed by atoms with Gasteiger partial charge in [0.1, 0.15) is 24.1 Å². The summed E-state index contributed by atoms with van der Waals surface area (Å²) in [6.07, 6.45) is 4.72. The number of benzene rings is 1. The average molecular weight is 387 g/mol. The molecule has 1 aliphatic rings. The third-order valence-corrected chi connectivity index (χ3v) is 6.89. The molecular weight excluding hydrogens is 366 g/mol. The summed E-state index contributed by atoms with van der Waals surface area (Å²) >= 11 is 0. The number of sulfonamides is 1. The molecule has 0 radical (unpaired) electrons. The summed E-state index contributed by atoms with van der Waals surface area (Å²) in [6.45, 7) is 2.72. The van der Waals surface area contributed by atoms with Gasteiger partial charge in [-0.3, -0.25) is 0 Å². The first kappa shape index (κ1) is 17.9. The Morgan fingerprint density at radius 3 is 2.41 bits per heavy atom. The van der Waals surface area contributed by atoms with Gasteiger partial charge < -0.3 is 8.98 Å². The number of hydrogen-bond acceptors (Lipinski definition) is 6. The fraction of sp³-hybridized carbons (Fsp3) is 0.389. The lowest BCUT2D eigenvalue weighted by atomic mass is 9.97. The number of hydrogen-bond donors (Lipinski definition) is 0. The lowest BCUT2D eigenvalue weighted by Gasteiger charge is -2.30. The van der Waals surface area contributed by atoms with Gasteiger partial charge in [-0.05, 0) is 25.0 Å². The van der Waals surface area contributed by atoms with Gasteiger partial charge in [0, 0.05) is 38.5 Å². The van der Waals surface area contributed by atoms with Crippen LogP contribution in [0.25, 0.3) is 11.3 Å². The van der Waals surface area contributed by atoms with Gasteiger partial charge in [0.15, 0.2) is 5.89 Å². The predicted octanol–water partition coefficient (Wildman–Crippen LogP) is 2.35. The maximum atomic E-state index is 13.0. The quantitative estimate of drug-likeness (QED) is 0.682. The smallest absolute Gasteiger partial charge is 0.243 e. The molecule has 0 saturated carbocycles. The molecule has 0 atom stereocenters. The van der Waals surface area contributed by atoms with Gasteiger partial charge >= 0.3 is 0 Å². The zero-order valence-electron chi connectivity index (χ0n) is 15.2. The first-order valence-electron chi connectivity index (χ1n) is 8.82. The molecule has 1 fully saturated rings. The Kier molecular flexibility index (Phi) is 4.56. The Bertz CT molecular complexity index is 1030. The predicted molar refractivity (Wildman–Crippen MR) is 98.4 cm³/mol. The zero-order valence-corrected chi connectivity index (χ0v) is 16.1. The normalized spacial score (nSPS) is 16.7. The first-order valence-corrected chi connectivity index (χ1v) is 10.3. The Balaban J connectivity index is 1.48. The molecule has 0 amide bonds. The fourth-order valence-corrected chi connectivity index (χ4v) is 4.93. The molecular formula is C18H21N5O3S. The van der Waals surface area contributed by atoms with Crippen LogP contribution in [0.1, 0.15) is 30.5 Å². The standard InChI is InChI=1S/C18H21N5O3S/c1-13-20-17(11-26-13)14-3-5-16(6-4-14)27(24,25)23-9-7-15(8-10-23)18-21-19-12-22(18)2/h3-6,11-12,15H,7-10H2,1-2H3. The highest BCUT2D eigenvalue weighted by atomic mass is 32.2. The van der Waals surface area contributed by atoms with E-state index in [1.807, 2.05) is 11.6 Å². The molecule has 9 heteroatoms. The van der Waals surface area contributed by atoms with Crippen molar-refractivity contribution in [3.8, 4) is 11.3 Å². The Morgan fingerprint density at radius 1 is 1.15 bits per heavy atom. The van der Waals surface area contributed by atoms with Gasteiger partial charge in [-0.15, -0.1) is 10.2 Å². The molecule has 1 aliphatic heterocycles. The van der Waals surface area contributed by atoms with Gasteiger partial charge in [0.2, 0.25) is 10.0 Å². The number of oxazole rings is 1. The van der Waals surface area contributed by atoms with Crippen LogP contribution in [0.2, 0.25) is 0 Å². The van der Waals surface area contributed by atoms with Crippen LogP contribution in [-0.2, 0) is 17.1 Å².